The Morgan fingerprint density at radius 2 is 2.23 bits per heavy atom. The Bertz CT molecular complexity index is 974. The van der Waals surface area contributed by atoms with Gasteiger partial charge in [0.1, 0.15) is 5.75 Å². The average Bonchev–Trinajstić information content (AvgIpc) is 3.20. The van der Waals surface area contributed by atoms with Gasteiger partial charge in [0.15, 0.2) is 5.82 Å². The van der Waals surface area contributed by atoms with Crippen molar-refractivity contribution in [3.05, 3.63) is 47.3 Å². The first-order chi connectivity index (χ1) is 12.6. The van der Waals surface area contributed by atoms with Gasteiger partial charge >= 0.3 is 0 Å². The van der Waals surface area contributed by atoms with Crippen LogP contribution in [0, 0.1) is 0 Å². The number of imidazole rings is 1. The van der Waals surface area contributed by atoms with E-state index in [4.69, 9.17) is 5.73 Å². The lowest BCUT2D eigenvalue weighted by Gasteiger charge is -2.25. The smallest absolute Gasteiger partial charge is 0.293 e. The Hall–Kier alpha value is -3.13. The van der Waals surface area contributed by atoms with Crippen LogP contribution in [0.3, 0.4) is 0 Å². The topological polar surface area (TPSA) is 122 Å². The summed E-state index contributed by atoms with van der Waals surface area (Å²) in [4.78, 5) is 23.7. The molecule has 1 aromatic carbocycles. The number of nitrogen functional groups attached to an aromatic ring is 1. The van der Waals surface area contributed by atoms with E-state index >= 15 is 0 Å². The Labute approximate surface area is 149 Å². The van der Waals surface area contributed by atoms with Crippen molar-refractivity contribution >= 4 is 5.82 Å². The molecule has 8 heteroatoms. The van der Waals surface area contributed by atoms with Gasteiger partial charge in [-0.3, -0.25) is 4.79 Å². The minimum atomic E-state index is -0.299. The molecule has 3 heterocycles. The number of aromatic nitrogens is 4. The Balaban J connectivity index is 1.82. The first-order valence-electron chi connectivity index (χ1n) is 8.55. The molecular formula is C18H20N6O2. The van der Waals surface area contributed by atoms with Gasteiger partial charge in [-0.1, -0.05) is 0 Å². The molecule has 0 spiro atoms. The number of aromatic amines is 1. The molecule has 1 atom stereocenters. The van der Waals surface area contributed by atoms with Gasteiger partial charge in [0, 0.05) is 29.9 Å². The van der Waals surface area contributed by atoms with Gasteiger partial charge < -0.3 is 25.7 Å². The number of aromatic hydroxyl groups is 1. The number of hydrogen-bond acceptors (Lipinski definition) is 6. The first-order valence-corrected chi connectivity index (χ1v) is 8.55. The van der Waals surface area contributed by atoms with Gasteiger partial charge in [0.25, 0.3) is 5.56 Å². The molecule has 2 aromatic heterocycles. The van der Waals surface area contributed by atoms with Crippen LogP contribution < -0.4 is 16.6 Å². The quantitative estimate of drug-likeness (QED) is 0.567. The highest BCUT2D eigenvalue weighted by atomic mass is 16.3. The third-order valence-corrected chi connectivity index (χ3v) is 4.70. The van der Waals surface area contributed by atoms with Crippen molar-refractivity contribution in [3.63, 3.8) is 0 Å². The molecule has 0 radical (unpaired) electrons. The molecule has 0 amide bonds. The normalized spacial score (nSPS) is 17.3. The molecule has 0 saturated carbocycles. The molecule has 4 rings (SSSR count). The zero-order chi connectivity index (χ0) is 18.1. The number of nitrogens with one attached hydrogen (secondary N) is 2. The molecule has 134 valence electrons. The number of hydrogen-bond donors (Lipinski definition) is 4. The SMILES string of the molecule is Nc1nc(-c2cc(-c3cnc[nH]3)ccc2O)cn(C2CCCNC2)c1=O. The lowest BCUT2D eigenvalue weighted by molar-refractivity contribution is 0.364. The van der Waals surface area contributed by atoms with E-state index in [1.165, 1.54) is 0 Å². The van der Waals surface area contributed by atoms with E-state index in [9.17, 15) is 9.90 Å². The van der Waals surface area contributed by atoms with E-state index in [0.29, 0.717) is 17.8 Å². The minimum absolute atomic E-state index is 0.0261. The monoisotopic (exact) mass is 352 g/mol. The summed E-state index contributed by atoms with van der Waals surface area (Å²) in [7, 11) is 0. The third kappa shape index (κ3) is 2.95. The first kappa shape index (κ1) is 16.3. The summed E-state index contributed by atoms with van der Waals surface area (Å²) in [6, 6.07) is 5.22. The van der Waals surface area contributed by atoms with Crippen molar-refractivity contribution in [1.82, 2.24) is 24.8 Å². The van der Waals surface area contributed by atoms with E-state index in [2.05, 4.69) is 20.3 Å². The molecule has 1 saturated heterocycles. The number of nitrogens with two attached hydrogens (primary N) is 1. The van der Waals surface area contributed by atoms with E-state index in [1.807, 2.05) is 0 Å². The number of H-pyrrole nitrogens is 1. The molecule has 0 aliphatic carbocycles. The molecule has 3 aromatic rings. The van der Waals surface area contributed by atoms with Gasteiger partial charge in [0.2, 0.25) is 0 Å². The molecule has 1 fully saturated rings. The van der Waals surface area contributed by atoms with Crippen LogP contribution in [-0.4, -0.2) is 37.7 Å². The zero-order valence-electron chi connectivity index (χ0n) is 14.1. The van der Waals surface area contributed by atoms with Gasteiger partial charge in [-0.05, 0) is 37.6 Å². The lowest BCUT2D eigenvalue weighted by Crippen LogP contribution is -2.37. The second kappa shape index (κ2) is 6.64. The predicted molar refractivity (Wildman–Crippen MR) is 98.7 cm³/mol. The summed E-state index contributed by atoms with van der Waals surface area (Å²) in [5, 5.41) is 13.6. The van der Waals surface area contributed by atoms with Crippen LogP contribution in [0.15, 0.2) is 41.7 Å². The van der Waals surface area contributed by atoms with Crippen LogP contribution in [0.4, 0.5) is 5.82 Å². The number of benzene rings is 1. The van der Waals surface area contributed by atoms with Gasteiger partial charge in [-0.15, -0.1) is 0 Å². The fourth-order valence-corrected chi connectivity index (χ4v) is 3.32. The van der Waals surface area contributed by atoms with Crippen molar-refractivity contribution in [2.24, 2.45) is 0 Å². The summed E-state index contributed by atoms with van der Waals surface area (Å²) in [5.74, 6) is 0.00607. The molecule has 26 heavy (non-hydrogen) atoms. The number of piperidine rings is 1. The largest absolute Gasteiger partial charge is 0.507 e. The highest BCUT2D eigenvalue weighted by Crippen LogP contribution is 2.32. The standard InChI is InChI=1S/C18H20N6O2/c19-17-18(26)24(12-2-1-5-20-7-12)9-15(23-17)13-6-11(3-4-16(13)25)14-8-21-10-22-14/h3-4,6,8-10,12,20,25H,1-2,5,7H2,(H2,19,23)(H,21,22). The Morgan fingerprint density at radius 1 is 1.35 bits per heavy atom. The van der Waals surface area contributed by atoms with Crippen molar-refractivity contribution in [2.45, 2.75) is 18.9 Å². The average molecular weight is 352 g/mol. The third-order valence-electron chi connectivity index (χ3n) is 4.70. The molecule has 1 unspecified atom stereocenters. The molecule has 8 nitrogen and oxygen atoms in total. The van der Waals surface area contributed by atoms with Crippen molar-refractivity contribution in [3.8, 4) is 28.3 Å². The van der Waals surface area contributed by atoms with Crippen LogP contribution in [-0.2, 0) is 0 Å². The fraction of sp³-hybridized carbons (Fsp3) is 0.278. The van der Waals surface area contributed by atoms with Crippen LogP contribution in [0.1, 0.15) is 18.9 Å². The van der Waals surface area contributed by atoms with E-state index in [-0.39, 0.29) is 23.2 Å². The second-order valence-electron chi connectivity index (χ2n) is 6.42. The van der Waals surface area contributed by atoms with Crippen LogP contribution in [0.25, 0.3) is 22.5 Å². The van der Waals surface area contributed by atoms with Gasteiger partial charge in [-0.25, -0.2) is 9.97 Å². The number of anilines is 1. The summed E-state index contributed by atoms with van der Waals surface area (Å²) >= 11 is 0. The maximum Gasteiger partial charge on any atom is 0.293 e. The maximum absolute atomic E-state index is 12.5. The van der Waals surface area contributed by atoms with Crippen molar-refractivity contribution in [1.29, 1.82) is 0 Å². The van der Waals surface area contributed by atoms with E-state index < -0.39 is 0 Å². The highest BCUT2D eigenvalue weighted by molar-refractivity contribution is 5.74. The van der Waals surface area contributed by atoms with E-state index in [1.54, 1.807) is 41.5 Å². The van der Waals surface area contributed by atoms with E-state index in [0.717, 1.165) is 30.6 Å². The van der Waals surface area contributed by atoms with Crippen LogP contribution in [0.2, 0.25) is 0 Å². The minimum Gasteiger partial charge on any atom is -0.507 e. The van der Waals surface area contributed by atoms with Gasteiger partial charge in [0.05, 0.1) is 23.9 Å². The summed E-state index contributed by atoms with van der Waals surface area (Å²) in [6.45, 7) is 1.66. The van der Waals surface area contributed by atoms with Crippen LogP contribution in [0.5, 0.6) is 5.75 Å². The molecule has 5 N–H and O–H groups in total. The number of rotatable bonds is 3. The Morgan fingerprint density at radius 3 is 2.96 bits per heavy atom. The van der Waals surface area contributed by atoms with Crippen molar-refractivity contribution < 1.29 is 5.11 Å². The zero-order valence-corrected chi connectivity index (χ0v) is 14.1. The summed E-state index contributed by atoms with van der Waals surface area (Å²) < 4.78 is 1.63. The van der Waals surface area contributed by atoms with Crippen molar-refractivity contribution in [2.75, 3.05) is 18.8 Å². The predicted octanol–water partition coefficient (Wildman–Crippen LogP) is 1.51. The fourth-order valence-electron chi connectivity index (χ4n) is 3.32. The van der Waals surface area contributed by atoms with Crippen LogP contribution >= 0.6 is 0 Å². The number of nitrogens with zero attached hydrogens (tertiary/aromatic N) is 3. The molecule has 1 aliphatic rings. The Kier molecular flexibility index (Phi) is 4.18. The number of phenols is 1. The molecular weight excluding hydrogens is 332 g/mol. The summed E-state index contributed by atoms with van der Waals surface area (Å²) in [5.41, 5.74) is 8.24. The highest BCUT2D eigenvalue weighted by Gasteiger charge is 2.19. The molecule has 0 bridgehead atoms. The lowest BCUT2D eigenvalue weighted by atomic mass is 10.0. The van der Waals surface area contributed by atoms with Gasteiger partial charge in [-0.2, -0.15) is 0 Å². The second-order valence-corrected chi connectivity index (χ2v) is 6.42. The number of phenolic OH excluding ortho intramolecular Hbond substituents is 1. The molecule has 1 aliphatic heterocycles. The summed E-state index contributed by atoms with van der Waals surface area (Å²) in [6.07, 6.45) is 6.87. The maximum atomic E-state index is 12.5.